The average Bonchev–Trinajstić information content (AvgIpc) is 2.92. The molecule has 3 heterocycles. The van der Waals surface area contributed by atoms with Crippen LogP contribution in [0, 0.1) is 0 Å². The first-order valence-electron chi connectivity index (χ1n) is 7.06. The number of rotatable bonds is 3. The van der Waals surface area contributed by atoms with Gasteiger partial charge in [0, 0.05) is 25.3 Å². The highest BCUT2D eigenvalue weighted by Crippen LogP contribution is 2.21. The van der Waals surface area contributed by atoms with Gasteiger partial charge in [0.1, 0.15) is 5.82 Å². The molecule has 18 heavy (non-hydrogen) atoms. The molecule has 2 saturated heterocycles. The van der Waals surface area contributed by atoms with Crippen molar-refractivity contribution in [3.05, 3.63) is 12.3 Å². The fourth-order valence-corrected chi connectivity index (χ4v) is 3.23. The fourth-order valence-electron chi connectivity index (χ4n) is 3.23. The molecule has 100 valence electrons. The van der Waals surface area contributed by atoms with Crippen LogP contribution in [0.5, 0.6) is 0 Å². The van der Waals surface area contributed by atoms with Crippen molar-refractivity contribution in [2.24, 2.45) is 0 Å². The van der Waals surface area contributed by atoms with Crippen LogP contribution in [-0.2, 0) is 6.54 Å². The predicted octanol–water partition coefficient (Wildman–Crippen LogP) is 0.635. The molecule has 2 N–H and O–H groups in total. The lowest BCUT2D eigenvalue weighted by Gasteiger charge is -2.25. The van der Waals surface area contributed by atoms with Gasteiger partial charge in [-0.3, -0.25) is 14.5 Å². The Balaban J connectivity index is 1.52. The summed E-state index contributed by atoms with van der Waals surface area (Å²) in [6.45, 7) is 7.10. The lowest BCUT2D eigenvalue weighted by atomic mass is 10.2. The molecule has 0 radical (unpaired) electrons. The Bertz CT molecular complexity index is 388. The van der Waals surface area contributed by atoms with E-state index in [-0.39, 0.29) is 0 Å². The summed E-state index contributed by atoms with van der Waals surface area (Å²) in [5, 5.41) is 4.24. The number of fused-ring (bicyclic) bond motifs is 1. The van der Waals surface area contributed by atoms with Gasteiger partial charge in [0.2, 0.25) is 0 Å². The van der Waals surface area contributed by atoms with Crippen molar-refractivity contribution in [1.82, 2.24) is 19.6 Å². The number of anilines is 1. The van der Waals surface area contributed by atoms with Gasteiger partial charge in [-0.2, -0.15) is 5.10 Å². The summed E-state index contributed by atoms with van der Waals surface area (Å²) < 4.78 is 1.95. The summed E-state index contributed by atoms with van der Waals surface area (Å²) in [5.74, 6) is 0.618. The molecule has 5 heteroatoms. The Morgan fingerprint density at radius 1 is 1.22 bits per heavy atom. The molecular formula is C13H23N5. The van der Waals surface area contributed by atoms with Crippen LogP contribution in [0.1, 0.15) is 19.3 Å². The zero-order chi connectivity index (χ0) is 12.4. The highest BCUT2D eigenvalue weighted by Gasteiger charge is 2.28. The standard InChI is InChI=1S/C13H23N5/c14-13-4-8-18(15-13)10-9-16-5-2-7-17-6-1-3-12(17)11-16/h4,8,12H,1-3,5-7,9-11H2,(H2,14,15). The van der Waals surface area contributed by atoms with Crippen LogP contribution < -0.4 is 5.73 Å². The molecule has 1 aromatic heterocycles. The van der Waals surface area contributed by atoms with E-state index in [1.165, 1.54) is 45.4 Å². The fraction of sp³-hybridized carbons (Fsp3) is 0.769. The Hall–Kier alpha value is -1.07. The van der Waals surface area contributed by atoms with Gasteiger partial charge in [0.15, 0.2) is 0 Å². The Morgan fingerprint density at radius 2 is 2.11 bits per heavy atom. The Morgan fingerprint density at radius 3 is 2.94 bits per heavy atom. The second-order valence-corrected chi connectivity index (χ2v) is 5.49. The van der Waals surface area contributed by atoms with Crippen molar-refractivity contribution in [3.8, 4) is 0 Å². The molecule has 1 atom stereocenters. The minimum absolute atomic E-state index is 0.618. The monoisotopic (exact) mass is 249 g/mol. The molecule has 1 aromatic rings. The molecule has 0 aliphatic carbocycles. The number of aromatic nitrogens is 2. The number of nitrogen functional groups attached to an aromatic ring is 1. The lowest BCUT2D eigenvalue weighted by Crippen LogP contribution is -2.37. The zero-order valence-electron chi connectivity index (χ0n) is 11.0. The van der Waals surface area contributed by atoms with Gasteiger partial charge >= 0.3 is 0 Å². The maximum atomic E-state index is 5.63. The van der Waals surface area contributed by atoms with E-state index in [4.69, 9.17) is 5.73 Å². The minimum atomic E-state index is 0.618. The molecule has 5 nitrogen and oxygen atoms in total. The molecule has 0 amide bonds. The van der Waals surface area contributed by atoms with Crippen molar-refractivity contribution in [3.63, 3.8) is 0 Å². The SMILES string of the molecule is Nc1ccn(CCN2CCCN3CCCC3C2)n1. The first-order valence-corrected chi connectivity index (χ1v) is 7.06. The van der Waals surface area contributed by atoms with Crippen LogP contribution in [0.3, 0.4) is 0 Å². The zero-order valence-corrected chi connectivity index (χ0v) is 11.0. The number of nitrogens with zero attached hydrogens (tertiary/aromatic N) is 4. The summed E-state index contributed by atoms with van der Waals surface area (Å²) in [7, 11) is 0. The first-order chi connectivity index (χ1) is 8.81. The Labute approximate surface area is 109 Å². The number of nitrogens with two attached hydrogens (primary N) is 1. The summed E-state index contributed by atoms with van der Waals surface area (Å²) in [4.78, 5) is 5.26. The van der Waals surface area contributed by atoms with Gasteiger partial charge in [0.05, 0.1) is 6.54 Å². The van der Waals surface area contributed by atoms with Crippen molar-refractivity contribution in [2.75, 3.05) is 38.5 Å². The molecule has 3 rings (SSSR count). The van der Waals surface area contributed by atoms with Gasteiger partial charge in [-0.1, -0.05) is 0 Å². The Kier molecular flexibility index (Phi) is 3.52. The first kappa shape index (κ1) is 12.0. The molecule has 0 bridgehead atoms. The van der Waals surface area contributed by atoms with E-state index in [9.17, 15) is 0 Å². The molecular weight excluding hydrogens is 226 g/mol. The average molecular weight is 249 g/mol. The summed E-state index contributed by atoms with van der Waals surface area (Å²) in [6, 6.07) is 2.66. The number of hydrogen-bond acceptors (Lipinski definition) is 4. The van der Waals surface area contributed by atoms with Gasteiger partial charge in [-0.05, 0) is 45.0 Å². The smallest absolute Gasteiger partial charge is 0.145 e. The van der Waals surface area contributed by atoms with E-state index in [0.29, 0.717) is 5.82 Å². The van der Waals surface area contributed by atoms with Crippen molar-refractivity contribution < 1.29 is 0 Å². The van der Waals surface area contributed by atoms with Crippen molar-refractivity contribution in [1.29, 1.82) is 0 Å². The van der Waals surface area contributed by atoms with Crippen molar-refractivity contribution >= 4 is 5.82 Å². The molecule has 0 saturated carbocycles. The summed E-state index contributed by atoms with van der Waals surface area (Å²) in [6.07, 6.45) is 6.03. The largest absolute Gasteiger partial charge is 0.382 e. The highest BCUT2D eigenvalue weighted by molar-refractivity contribution is 5.23. The highest BCUT2D eigenvalue weighted by atomic mass is 15.3. The van der Waals surface area contributed by atoms with E-state index in [2.05, 4.69) is 14.9 Å². The topological polar surface area (TPSA) is 50.3 Å². The van der Waals surface area contributed by atoms with E-state index in [1.54, 1.807) is 0 Å². The third-order valence-electron chi connectivity index (χ3n) is 4.19. The molecule has 2 aliphatic heterocycles. The molecule has 0 aromatic carbocycles. The molecule has 1 unspecified atom stereocenters. The lowest BCUT2D eigenvalue weighted by molar-refractivity contribution is 0.214. The normalized spacial score (nSPS) is 26.1. The maximum Gasteiger partial charge on any atom is 0.145 e. The van der Waals surface area contributed by atoms with E-state index in [0.717, 1.165) is 19.1 Å². The van der Waals surface area contributed by atoms with E-state index in [1.807, 2.05) is 16.9 Å². The predicted molar refractivity (Wildman–Crippen MR) is 72.3 cm³/mol. The second-order valence-electron chi connectivity index (χ2n) is 5.49. The van der Waals surface area contributed by atoms with Gasteiger partial charge in [-0.15, -0.1) is 0 Å². The van der Waals surface area contributed by atoms with Crippen LogP contribution in [0.15, 0.2) is 12.3 Å². The summed E-state index contributed by atoms with van der Waals surface area (Å²) in [5.41, 5.74) is 5.63. The van der Waals surface area contributed by atoms with Crippen LogP contribution in [0.25, 0.3) is 0 Å². The maximum absolute atomic E-state index is 5.63. The van der Waals surface area contributed by atoms with Crippen LogP contribution in [-0.4, -0.2) is 58.3 Å². The third-order valence-corrected chi connectivity index (χ3v) is 4.19. The quantitative estimate of drug-likeness (QED) is 0.854. The number of hydrogen-bond donors (Lipinski definition) is 1. The van der Waals surface area contributed by atoms with E-state index >= 15 is 0 Å². The molecule has 2 aliphatic rings. The minimum Gasteiger partial charge on any atom is -0.382 e. The molecule has 2 fully saturated rings. The van der Waals surface area contributed by atoms with E-state index < -0.39 is 0 Å². The van der Waals surface area contributed by atoms with Gasteiger partial charge in [0.25, 0.3) is 0 Å². The van der Waals surface area contributed by atoms with Crippen molar-refractivity contribution in [2.45, 2.75) is 31.8 Å². The van der Waals surface area contributed by atoms with Gasteiger partial charge < -0.3 is 5.73 Å². The third kappa shape index (κ3) is 2.67. The second kappa shape index (κ2) is 5.28. The van der Waals surface area contributed by atoms with Crippen LogP contribution in [0.4, 0.5) is 5.82 Å². The van der Waals surface area contributed by atoms with Gasteiger partial charge in [-0.25, -0.2) is 0 Å². The van der Waals surface area contributed by atoms with Crippen LogP contribution >= 0.6 is 0 Å². The summed E-state index contributed by atoms with van der Waals surface area (Å²) >= 11 is 0. The van der Waals surface area contributed by atoms with Crippen LogP contribution in [0.2, 0.25) is 0 Å². The molecule has 0 spiro atoms.